The zero-order valence-corrected chi connectivity index (χ0v) is 21.3. The van der Waals surface area contributed by atoms with Gasteiger partial charge in [-0.15, -0.1) is 0 Å². The lowest BCUT2D eigenvalue weighted by atomic mass is 9.92. The van der Waals surface area contributed by atoms with E-state index < -0.39 is 38.3 Å². The number of carbonyl (C=O) groups excluding carboxylic acids is 3. The van der Waals surface area contributed by atoms with Gasteiger partial charge < -0.3 is 19.9 Å². The van der Waals surface area contributed by atoms with E-state index in [2.05, 4.69) is 10.3 Å². The third kappa shape index (κ3) is 5.39. The zero-order valence-electron chi connectivity index (χ0n) is 20.5. The van der Waals surface area contributed by atoms with Gasteiger partial charge in [0.25, 0.3) is 5.56 Å². The van der Waals surface area contributed by atoms with Crippen molar-refractivity contribution in [1.29, 1.82) is 0 Å². The fourth-order valence-electron chi connectivity index (χ4n) is 4.99. The molecule has 0 spiro atoms. The molecule has 0 radical (unpaired) electrons. The fraction of sp³-hybridized carbons (Fsp3) is 0.583. The maximum atomic E-state index is 13.9. The molecular weight excluding hydrogens is 488 g/mol. The Kier molecular flexibility index (Phi) is 7.65. The quantitative estimate of drug-likeness (QED) is 0.492. The average molecular weight is 521 g/mol. The van der Waals surface area contributed by atoms with Crippen LogP contribution in [0.25, 0.3) is 0 Å². The van der Waals surface area contributed by atoms with Gasteiger partial charge >= 0.3 is 0 Å². The summed E-state index contributed by atoms with van der Waals surface area (Å²) < 4.78 is 32.3. The standard InChI is InChI=1S/C24H32N4O7S/c1-15(2)10-17(11-20(30)27-6-8-35-9-7-27)24(32)28-21(12-18-22(28)19(29)13-26-18)36(33,34)14-16-4-3-5-25-23(16)31/h3-5,15,17,21,26H,6-14H2,1-2H3,(H,25,31). The number of morpholine rings is 1. The summed E-state index contributed by atoms with van der Waals surface area (Å²) >= 11 is 0. The number of aromatic nitrogens is 1. The van der Waals surface area contributed by atoms with Crippen LogP contribution in [0.4, 0.5) is 0 Å². The molecule has 196 valence electrons. The number of hydrogen-bond donors (Lipinski definition) is 2. The van der Waals surface area contributed by atoms with Crippen LogP contribution in [-0.4, -0.2) is 79.0 Å². The Morgan fingerprint density at radius 3 is 2.58 bits per heavy atom. The minimum absolute atomic E-state index is 0.0128. The summed E-state index contributed by atoms with van der Waals surface area (Å²) in [4.78, 5) is 57.0. The summed E-state index contributed by atoms with van der Waals surface area (Å²) in [5.41, 5.74) is -0.00673. The molecule has 2 unspecified atom stereocenters. The van der Waals surface area contributed by atoms with Crippen LogP contribution in [0.1, 0.15) is 38.7 Å². The number of hydrogen-bond acceptors (Lipinski definition) is 8. The number of nitrogens with one attached hydrogen (secondary N) is 2. The number of sulfone groups is 1. The molecule has 2 N–H and O–H groups in total. The summed E-state index contributed by atoms with van der Waals surface area (Å²) in [6.45, 7) is 5.56. The van der Waals surface area contributed by atoms with Crippen molar-refractivity contribution in [2.75, 3.05) is 32.8 Å². The first-order valence-corrected chi connectivity index (χ1v) is 13.9. The van der Waals surface area contributed by atoms with Crippen LogP contribution in [0.2, 0.25) is 0 Å². The fourth-order valence-corrected chi connectivity index (χ4v) is 6.80. The first kappa shape index (κ1) is 26.1. The lowest BCUT2D eigenvalue weighted by Crippen LogP contribution is -2.48. The number of pyridine rings is 1. The molecule has 0 aliphatic carbocycles. The van der Waals surface area contributed by atoms with E-state index in [0.717, 1.165) is 4.90 Å². The largest absolute Gasteiger partial charge is 0.379 e. The van der Waals surface area contributed by atoms with E-state index in [9.17, 15) is 27.6 Å². The highest BCUT2D eigenvalue weighted by Crippen LogP contribution is 2.37. The summed E-state index contributed by atoms with van der Waals surface area (Å²) in [7, 11) is -4.07. The highest BCUT2D eigenvalue weighted by Gasteiger charge is 2.49. The van der Waals surface area contributed by atoms with E-state index in [1.807, 2.05) is 13.8 Å². The Balaban J connectivity index is 1.64. The van der Waals surface area contributed by atoms with E-state index in [1.165, 1.54) is 18.3 Å². The van der Waals surface area contributed by atoms with Crippen molar-refractivity contribution in [1.82, 2.24) is 20.1 Å². The summed E-state index contributed by atoms with van der Waals surface area (Å²) in [5.74, 6) is -2.43. The normalized spacial score (nSPS) is 21.1. The molecule has 36 heavy (non-hydrogen) atoms. The van der Waals surface area contributed by atoms with Crippen molar-refractivity contribution in [2.45, 2.75) is 44.2 Å². The summed E-state index contributed by atoms with van der Waals surface area (Å²) in [6.07, 6.45) is 1.62. The number of aromatic amines is 1. The van der Waals surface area contributed by atoms with Crippen LogP contribution in [0.3, 0.4) is 0 Å². The molecule has 11 nitrogen and oxygen atoms in total. The second-order valence-corrected chi connectivity index (χ2v) is 12.0. The van der Waals surface area contributed by atoms with Crippen LogP contribution >= 0.6 is 0 Å². The Labute approximate surface area is 209 Å². The van der Waals surface area contributed by atoms with Gasteiger partial charge in [0.15, 0.2) is 15.6 Å². The van der Waals surface area contributed by atoms with Crippen molar-refractivity contribution >= 4 is 27.4 Å². The Morgan fingerprint density at radius 1 is 1.19 bits per heavy atom. The van der Waals surface area contributed by atoms with Gasteiger partial charge in [-0.05, 0) is 18.4 Å². The predicted molar refractivity (Wildman–Crippen MR) is 130 cm³/mol. The number of ether oxygens (including phenoxy) is 1. The smallest absolute Gasteiger partial charge is 0.252 e. The number of rotatable bonds is 8. The molecular formula is C24H32N4O7S. The van der Waals surface area contributed by atoms with Crippen molar-refractivity contribution in [2.24, 2.45) is 11.8 Å². The molecule has 0 bridgehead atoms. The zero-order chi connectivity index (χ0) is 26.0. The molecule has 2 atom stereocenters. The average Bonchev–Trinajstić information content (AvgIpc) is 3.40. The second kappa shape index (κ2) is 10.6. The highest BCUT2D eigenvalue weighted by molar-refractivity contribution is 7.91. The molecule has 1 aromatic heterocycles. The van der Waals surface area contributed by atoms with Crippen LogP contribution in [0.5, 0.6) is 0 Å². The first-order valence-electron chi connectivity index (χ1n) is 12.2. The predicted octanol–water partition coefficient (Wildman–Crippen LogP) is 0.143. The minimum Gasteiger partial charge on any atom is -0.379 e. The monoisotopic (exact) mass is 520 g/mol. The van der Waals surface area contributed by atoms with E-state index in [4.69, 9.17) is 4.74 Å². The van der Waals surface area contributed by atoms with Crippen LogP contribution in [-0.2, 0) is 34.7 Å². The van der Waals surface area contributed by atoms with Gasteiger partial charge in [0.2, 0.25) is 11.8 Å². The Bertz CT molecular complexity index is 1230. The highest BCUT2D eigenvalue weighted by atomic mass is 32.2. The second-order valence-electron chi connectivity index (χ2n) is 9.83. The SMILES string of the molecule is CC(C)CC(CC(=O)N1CCOCC1)C(=O)N1C2=C(CC1S(=O)(=O)Cc1ccc[nH]c1=O)NCC2=O. The van der Waals surface area contributed by atoms with Crippen LogP contribution in [0.15, 0.2) is 34.5 Å². The molecule has 4 rings (SSSR count). The van der Waals surface area contributed by atoms with Gasteiger partial charge in [0.1, 0.15) is 11.1 Å². The topological polar surface area (TPSA) is 146 Å². The molecule has 3 aliphatic rings. The molecule has 12 heteroatoms. The molecule has 1 saturated heterocycles. The van der Waals surface area contributed by atoms with E-state index >= 15 is 0 Å². The van der Waals surface area contributed by atoms with E-state index in [0.29, 0.717) is 38.4 Å². The Hall–Kier alpha value is -2.99. The lowest BCUT2D eigenvalue weighted by Gasteiger charge is -2.32. The van der Waals surface area contributed by atoms with Gasteiger partial charge in [-0.25, -0.2) is 8.42 Å². The Morgan fingerprint density at radius 2 is 1.92 bits per heavy atom. The maximum absolute atomic E-state index is 13.9. The third-order valence-corrected chi connectivity index (χ3v) is 8.64. The van der Waals surface area contributed by atoms with Crippen LogP contribution in [0, 0.1) is 11.8 Å². The van der Waals surface area contributed by atoms with Gasteiger partial charge in [-0.2, -0.15) is 0 Å². The van der Waals surface area contributed by atoms with Crippen LogP contribution < -0.4 is 10.9 Å². The first-order chi connectivity index (χ1) is 17.1. The number of nitrogens with zero attached hydrogens (tertiary/aromatic N) is 2. The summed E-state index contributed by atoms with van der Waals surface area (Å²) in [6, 6.07) is 2.95. The summed E-state index contributed by atoms with van der Waals surface area (Å²) in [5, 5.41) is 1.58. The molecule has 1 aromatic rings. The maximum Gasteiger partial charge on any atom is 0.252 e. The van der Waals surface area contributed by atoms with E-state index in [1.54, 1.807) is 4.90 Å². The number of ketones is 1. The van der Waals surface area contributed by atoms with Crippen molar-refractivity contribution in [3.05, 3.63) is 45.6 Å². The molecule has 4 heterocycles. The molecule has 2 amide bonds. The third-order valence-electron chi connectivity index (χ3n) is 6.72. The minimum atomic E-state index is -4.07. The molecule has 0 saturated carbocycles. The van der Waals surface area contributed by atoms with Gasteiger partial charge in [0.05, 0.1) is 25.5 Å². The van der Waals surface area contributed by atoms with Gasteiger partial charge in [0, 0.05) is 49.3 Å². The lowest BCUT2D eigenvalue weighted by molar-refractivity contribution is -0.143. The number of Topliss-reactive ketones (excluding diaryl/α,β-unsaturated/α-hetero) is 1. The van der Waals surface area contributed by atoms with E-state index in [-0.39, 0.29) is 48.3 Å². The number of amides is 2. The molecule has 1 fully saturated rings. The number of H-pyrrole nitrogens is 1. The number of carbonyl (C=O) groups is 3. The molecule has 3 aliphatic heterocycles. The van der Waals surface area contributed by atoms with Crippen molar-refractivity contribution < 1.29 is 27.5 Å². The van der Waals surface area contributed by atoms with Gasteiger partial charge in [-0.1, -0.05) is 19.9 Å². The van der Waals surface area contributed by atoms with Gasteiger partial charge in [-0.3, -0.25) is 24.1 Å². The molecule has 0 aromatic carbocycles. The van der Waals surface area contributed by atoms with Crippen molar-refractivity contribution in [3.8, 4) is 0 Å². The van der Waals surface area contributed by atoms with Crippen molar-refractivity contribution in [3.63, 3.8) is 0 Å².